The van der Waals surface area contributed by atoms with Crippen molar-refractivity contribution in [2.75, 3.05) is 86.3 Å². The highest BCUT2D eigenvalue weighted by Gasteiger charge is 2.66. The number of ether oxygens (including phenoxy) is 11. The number of aromatic hydroxyl groups is 2. The van der Waals surface area contributed by atoms with Gasteiger partial charge in [0, 0.05) is 141 Å². The van der Waals surface area contributed by atoms with E-state index < -0.39 is 106 Å². The zero-order chi connectivity index (χ0) is 85.5. The van der Waals surface area contributed by atoms with Crippen molar-refractivity contribution in [3.05, 3.63) is 162 Å². The maximum Gasteiger partial charge on any atom is 0.407 e. The summed E-state index contributed by atoms with van der Waals surface area (Å²) in [7, 11) is 7.09. The first-order chi connectivity index (χ1) is 58.7. The predicted molar refractivity (Wildman–Crippen MR) is 456 cm³/mol. The van der Waals surface area contributed by atoms with Gasteiger partial charge in [-0.2, -0.15) is 10.5 Å². The number of nitrogens with zero attached hydrogens (tertiary/aromatic N) is 6. The maximum absolute atomic E-state index is 15.4. The lowest BCUT2D eigenvalue weighted by atomic mass is 9.71. The van der Waals surface area contributed by atoms with Crippen molar-refractivity contribution in [1.29, 1.82) is 10.5 Å². The van der Waals surface area contributed by atoms with Crippen molar-refractivity contribution in [3.8, 4) is 69.6 Å². The Hall–Kier alpha value is -10.9. The molecule has 0 radical (unpaired) electrons. The number of nitriles is 2. The Morgan fingerprint density at radius 1 is 0.618 bits per heavy atom. The highest BCUT2D eigenvalue weighted by molar-refractivity contribution is 7.99. The molecule has 30 nitrogen and oxygen atoms in total. The molecular formula is C91H100N12O18S2. The summed E-state index contributed by atoms with van der Waals surface area (Å²) < 4.78 is 67.2. The molecule has 644 valence electrons. The predicted octanol–water partition coefficient (Wildman–Crippen LogP) is 10.4. The largest absolute Gasteiger partial charge is 0.504 e. The van der Waals surface area contributed by atoms with Crippen molar-refractivity contribution in [1.82, 2.24) is 45.5 Å². The van der Waals surface area contributed by atoms with Crippen molar-refractivity contribution >= 4 is 75.3 Å². The van der Waals surface area contributed by atoms with Gasteiger partial charge in [0.05, 0.1) is 72.4 Å². The van der Waals surface area contributed by atoms with Gasteiger partial charge in [-0.1, -0.05) is 55.5 Å². The van der Waals surface area contributed by atoms with Crippen LogP contribution in [0.25, 0.3) is 21.8 Å². The molecule has 2 spiro atoms. The number of carbonyl (C=O) groups is 5. The van der Waals surface area contributed by atoms with Gasteiger partial charge in [0.25, 0.3) is 0 Å². The number of nitrogens with two attached hydrogens (primary N) is 1. The summed E-state index contributed by atoms with van der Waals surface area (Å²) in [5.74, 6) is 1.55. The highest BCUT2D eigenvalue weighted by Crippen LogP contribution is 2.68. The van der Waals surface area contributed by atoms with E-state index in [1.165, 1.54) is 50.6 Å². The number of aromatic nitrogens is 2. The fourth-order valence-electron chi connectivity index (χ4n) is 22.5. The average Bonchev–Trinajstić information content (AvgIpc) is 1.38. The molecule has 0 aliphatic carbocycles. The molecule has 0 unspecified atom stereocenters. The number of carbonyl (C=O) groups excluding carboxylic acids is 5. The Kier molecular flexibility index (Phi) is 21.0. The number of hydrogen-bond acceptors (Lipinski definition) is 29. The number of piperazine rings is 2. The lowest BCUT2D eigenvalue weighted by Crippen LogP contribution is -2.69. The van der Waals surface area contributed by atoms with E-state index in [1.807, 2.05) is 79.0 Å². The van der Waals surface area contributed by atoms with Crippen LogP contribution in [0.4, 0.5) is 4.79 Å². The van der Waals surface area contributed by atoms with E-state index in [2.05, 4.69) is 89.4 Å². The number of fused-ring (bicyclic) bond motifs is 22. The number of aryl methyl sites for hydroxylation is 4. The molecule has 8 bridgehead atoms. The third kappa shape index (κ3) is 12.4. The minimum Gasteiger partial charge on any atom is -0.504 e. The van der Waals surface area contributed by atoms with Crippen LogP contribution in [0, 0.1) is 64.2 Å². The second-order valence-corrected chi connectivity index (χ2v) is 36.4. The van der Waals surface area contributed by atoms with Gasteiger partial charge >= 0.3 is 30.0 Å². The molecule has 9 N–H and O–H groups in total. The van der Waals surface area contributed by atoms with Crippen LogP contribution < -0.4 is 59.6 Å². The highest BCUT2D eigenvalue weighted by atomic mass is 32.2. The molecular weight excluding hydrogens is 1610 g/mol. The minimum atomic E-state index is -1.50. The first-order valence-corrected chi connectivity index (χ1v) is 43.3. The number of benzene rings is 6. The van der Waals surface area contributed by atoms with Gasteiger partial charge in [-0.25, -0.2) is 14.4 Å². The van der Waals surface area contributed by atoms with Gasteiger partial charge < -0.3 is 83.3 Å². The minimum absolute atomic E-state index is 0. The molecule has 0 saturated carbocycles. The quantitative estimate of drug-likeness (QED) is 0.0288. The number of phenolic OH excluding ortho intramolecular Hbond substituents is 2. The SMILES string of the molecule is C.C=CCOC(=O)NC[C@H]1Cc2c([nH]c3ccc(C)cc23)[C@@]2(CS[C@@H]3c4c(OC(C)=O)c(C)c5c(c4[C@H](COC2=O)N2[C@@H]3[C@H]3c4c(cc(C)c(OC)c4O)C[C@@H]([C@@H]2C#N)N3C)OCO5)N1.COc1c(C)cc2c(c1O)[C@@H]1[C@@H]3[C@@H]4SC[C@]5(N[C@@H](CN)Cc6c5[nH]c5ccc(C)cc65)C(=O)OC[C@@H](c5c6c(c(C)c(OC(C)=O)c54)OCO6)N3[C@@H](C#N)[C@H](C2)N1C. The zero-order valence-corrected chi connectivity index (χ0v) is 71.3. The summed E-state index contributed by atoms with van der Waals surface area (Å²) in [5.41, 5.74) is 19.5. The average molecular weight is 1710 g/mol. The number of amides is 1. The molecule has 16 heterocycles. The smallest absolute Gasteiger partial charge is 0.407 e. The Bertz CT molecular complexity index is 5920. The second-order valence-electron chi connectivity index (χ2n) is 34.1. The number of rotatable bonds is 9. The number of alkyl carbamates (subject to hydrolysis) is 1. The molecule has 22 rings (SSSR count). The molecule has 14 aliphatic heterocycles. The fourth-order valence-corrected chi connectivity index (χ4v) is 25.8. The molecule has 4 fully saturated rings. The molecule has 2 aromatic heterocycles. The van der Waals surface area contributed by atoms with Crippen molar-refractivity contribution < 1.29 is 86.3 Å². The standard InChI is InChI=1S/C47H50N6O10S.C43H46N6O8S.CH4/c1-8-11-59-46(57)49-17-26-15-28-27-12-21(2)9-10-29(27)50-44(28)47(51-26)19-64-43-35-34(42-41(61-20-62-42)23(4)40(35)63-24(5)54)32(18-60-45(47)56)53-31(16-48)30-14-25-13-22(3)39(58-7)38(55)33(25)36(37(43)53)52(30)6;1-18-7-8-26-24(9-18)25-12-23(13-44)47-43(41(25)46-26)16-58-40-32-31(39-38(55-17-56-39)20(3)37(32)57-21(4)50)29(15-54-42(43)52)49-28(14-45)27-11-22-10-19(2)36(53-6)35(51)30(22)33(34(40)49)48(27)5;/h8-10,12-13,26,30-32,36-37,43,50-51,55H,1,11,14-15,17-20H2,2-7H3,(H,49,57);7-10,23,27-29,33-34,40,46-47,51H,11-13,15-17,44H2,1-6H3;1H4/t26-,30+,31+,32+,36-,37-,43-,47-;23-,27+,28+,29+,33-,34-,40-,43-;/m11./s1. The van der Waals surface area contributed by atoms with Crippen LogP contribution in [0.1, 0.15) is 156 Å². The summed E-state index contributed by atoms with van der Waals surface area (Å²) in [6.45, 7) is 17.9. The number of H-pyrrole nitrogens is 2. The third-order valence-electron chi connectivity index (χ3n) is 27.4. The number of aromatic amines is 2. The number of phenols is 2. The molecule has 14 aliphatic rings. The number of nitrogens with one attached hydrogen (secondary N) is 5. The van der Waals surface area contributed by atoms with Gasteiger partial charge in [0.1, 0.15) is 43.4 Å². The molecule has 32 heteroatoms. The summed E-state index contributed by atoms with van der Waals surface area (Å²) in [6, 6.07) is 15.5. The first-order valence-electron chi connectivity index (χ1n) is 41.2. The second kappa shape index (κ2) is 31.1. The van der Waals surface area contributed by atoms with Gasteiger partial charge in [-0.3, -0.25) is 39.8 Å². The van der Waals surface area contributed by atoms with Gasteiger partial charge in [-0.15, -0.1) is 23.5 Å². The van der Waals surface area contributed by atoms with Crippen LogP contribution in [-0.2, 0) is 70.1 Å². The summed E-state index contributed by atoms with van der Waals surface area (Å²) in [6.07, 6.45) is 2.93. The molecule has 16 atom stereocenters. The van der Waals surface area contributed by atoms with Crippen LogP contribution in [0.5, 0.6) is 57.5 Å². The van der Waals surface area contributed by atoms with Crippen LogP contribution >= 0.6 is 23.5 Å². The van der Waals surface area contributed by atoms with Crippen LogP contribution in [-0.4, -0.2) is 204 Å². The lowest BCUT2D eigenvalue weighted by Gasteiger charge is -2.62. The number of methoxy groups -OCH3 is 2. The molecule has 123 heavy (non-hydrogen) atoms. The third-order valence-corrected chi connectivity index (χ3v) is 30.3. The van der Waals surface area contributed by atoms with Gasteiger partial charge in [-0.05, 0) is 139 Å². The number of thioether (sulfide) groups is 2. The van der Waals surface area contributed by atoms with E-state index in [9.17, 15) is 35.1 Å². The van der Waals surface area contributed by atoms with E-state index in [-0.39, 0.29) is 95.1 Å². The van der Waals surface area contributed by atoms with Gasteiger partial charge in [0.2, 0.25) is 13.6 Å². The van der Waals surface area contributed by atoms with E-state index in [0.29, 0.717) is 116 Å². The van der Waals surface area contributed by atoms with E-state index in [4.69, 9.17) is 57.8 Å². The summed E-state index contributed by atoms with van der Waals surface area (Å²) in [4.78, 5) is 85.4. The Labute approximate surface area is 719 Å². The Balaban J connectivity index is 0.000000167. The van der Waals surface area contributed by atoms with E-state index >= 15 is 9.59 Å². The van der Waals surface area contributed by atoms with Crippen molar-refractivity contribution in [3.63, 3.8) is 0 Å². The topological polar surface area (TPSA) is 382 Å². The molecule has 4 saturated heterocycles. The monoisotopic (exact) mass is 1710 g/mol. The Morgan fingerprint density at radius 3 is 1.46 bits per heavy atom. The normalized spacial score (nSPS) is 28.3. The Morgan fingerprint density at radius 2 is 1.05 bits per heavy atom. The number of hydrogen-bond donors (Lipinski definition) is 8. The molecule has 6 aromatic carbocycles. The molecule has 8 aromatic rings. The van der Waals surface area contributed by atoms with Crippen LogP contribution in [0.2, 0.25) is 0 Å². The number of likely N-dealkylation sites (N-methyl/N-ethyl adjacent to an activating group) is 2. The summed E-state index contributed by atoms with van der Waals surface area (Å²) >= 11 is 3.00. The van der Waals surface area contributed by atoms with Crippen LogP contribution in [0.15, 0.2) is 61.2 Å². The molecule has 1 amide bonds. The lowest BCUT2D eigenvalue weighted by molar-refractivity contribution is -0.158. The first kappa shape index (κ1) is 83.0. The van der Waals surface area contributed by atoms with E-state index in [1.54, 1.807) is 7.11 Å². The number of esters is 4. The summed E-state index contributed by atoms with van der Waals surface area (Å²) in [5, 5.41) is 57.9. The van der Waals surface area contributed by atoms with E-state index in [0.717, 1.165) is 77.6 Å². The van der Waals surface area contributed by atoms with Crippen LogP contribution in [0.3, 0.4) is 0 Å². The zero-order valence-electron chi connectivity index (χ0n) is 69.7. The fraction of sp³-hybridized carbons (Fsp3) is 0.462. The van der Waals surface area contributed by atoms with Crippen molar-refractivity contribution in [2.45, 2.75) is 183 Å². The maximum atomic E-state index is 15.4. The van der Waals surface area contributed by atoms with Gasteiger partial charge in [0.15, 0.2) is 57.1 Å². The van der Waals surface area contributed by atoms with Crippen molar-refractivity contribution in [2.24, 2.45) is 5.73 Å².